The molecule has 0 atom stereocenters. The van der Waals surface area contributed by atoms with Crippen LogP contribution in [0.3, 0.4) is 0 Å². The number of methoxy groups -OCH3 is 1. The van der Waals surface area contributed by atoms with Crippen molar-refractivity contribution in [1.29, 1.82) is 0 Å². The Hall–Kier alpha value is -0.0800. The Morgan fingerprint density at radius 3 is 2.50 bits per heavy atom. The number of hydrogen-bond donors (Lipinski definition) is 2. The van der Waals surface area contributed by atoms with Gasteiger partial charge in [-0.15, -0.1) is 24.0 Å². The molecule has 5 nitrogen and oxygen atoms in total. The molecule has 0 heterocycles. The lowest BCUT2D eigenvalue weighted by molar-refractivity contribution is 0.0778. The minimum Gasteiger partial charge on any atom is -0.385 e. The Labute approximate surface area is 153 Å². The van der Waals surface area contributed by atoms with Gasteiger partial charge in [0.1, 0.15) is 0 Å². The van der Waals surface area contributed by atoms with Crippen LogP contribution in [0.2, 0.25) is 0 Å². The van der Waals surface area contributed by atoms with E-state index >= 15 is 0 Å². The molecule has 0 spiro atoms. The van der Waals surface area contributed by atoms with Gasteiger partial charge in [-0.25, -0.2) is 0 Å². The quantitative estimate of drug-likeness (QED) is 0.320. The molecule has 6 heteroatoms. The summed E-state index contributed by atoms with van der Waals surface area (Å²) in [4.78, 5) is 7.10. The van der Waals surface area contributed by atoms with Gasteiger partial charge in [-0.1, -0.05) is 13.3 Å². The Morgan fingerprint density at radius 1 is 1.27 bits per heavy atom. The van der Waals surface area contributed by atoms with Crippen LogP contribution >= 0.6 is 24.0 Å². The first-order valence-electron chi connectivity index (χ1n) is 8.35. The van der Waals surface area contributed by atoms with Crippen LogP contribution in [-0.2, 0) is 4.74 Å². The molecule has 0 aromatic carbocycles. The molecule has 22 heavy (non-hydrogen) atoms. The molecule has 0 amide bonds. The molecular formula is C16H35IN4O. The normalized spacial score (nSPS) is 16.9. The summed E-state index contributed by atoms with van der Waals surface area (Å²) in [5.74, 6) is 0.950. The minimum atomic E-state index is 0. The number of aliphatic imine (C=N–C) groups is 1. The van der Waals surface area contributed by atoms with Crippen LogP contribution in [-0.4, -0.2) is 64.3 Å². The van der Waals surface area contributed by atoms with Crippen LogP contribution in [0, 0.1) is 5.41 Å². The number of ether oxygens (including phenoxy) is 1. The first-order chi connectivity index (χ1) is 10.2. The average molecular weight is 426 g/mol. The van der Waals surface area contributed by atoms with E-state index in [0.717, 1.165) is 51.7 Å². The fourth-order valence-electron chi connectivity index (χ4n) is 2.59. The third-order valence-electron chi connectivity index (χ3n) is 4.49. The van der Waals surface area contributed by atoms with E-state index in [-0.39, 0.29) is 24.0 Å². The summed E-state index contributed by atoms with van der Waals surface area (Å²) >= 11 is 0. The Morgan fingerprint density at radius 2 is 2.00 bits per heavy atom. The molecule has 0 bridgehead atoms. The molecule has 0 saturated heterocycles. The second kappa shape index (κ2) is 12.4. The van der Waals surface area contributed by atoms with E-state index in [0.29, 0.717) is 5.41 Å². The second-order valence-electron chi connectivity index (χ2n) is 6.11. The molecule has 1 fully saturated rings. The van der Waals surface area contributed by atoms with Crippen molar-refractivity contribution in [3.8, 4) is 0 Å². The summed E-state index contributed by atoms with van der Waals surface area (Å²) in [6.07, 6.45) is 5.05. The van der Waals surface area contributed by atoms with Crippen molar-refractivity contribution >= 4 is 29.9 Å². The molecule has 2 N–H and O–H groups in total. The van der Waals surface area contributed by atoms with Crippen molar-refractivity contribution < 1.29 is 4.74 Å². The van der Waals surface area contributed by atoms with E-state index in [1.165, 1.54) is 19.3 Å². The van der Waals surface area contributed by atoms with Crippen molar-refractivity contribution in [2.24, 2.45) is 10.4 Å². The lowest BCUT2D eigenvalue weighted by Gasteiger charge is -2.40. The highest BCUT2D eigenvalue weighted by Crippen LogP contribution is 2.44. The summed E-state index contributed by atoms with van der Waals surface area (Å²) in [6, 6.07) is 0. The van der Waals surface area contributed by atoms with Crippen molar-refractivity contribution in [3.05, 3.63) is 0 Å². The average Bonchev–Trinajstić information content (AvgIpc) is 2.45. The van der Waals surface area contributed by atoms with Crippen molar-refractivity contribution in [2.75, 3.05) is 53.5 Å². The first-order valence-corrected chi connectivity index (χ1v) is 8.35. The van der Waals surface area contributed by atoms with Gasteiger partial charge in [-0.05, 0) is 45.2 Å². The van der Waals surface area contributed by atoms with Crippen molar-refractivity contribution in [3.63, 3.8) is 0 Å². The highest BCUT2D eigenvalue weighted by Gasteiger charge is 2.36. The number of likely N-dealkylation sites (N-methyl/N-ethyl adjacent to an activating group) is 1. The summed E-state index contributed by atoms with van der Waals surface area (Å²) in [7, 11) is 3.92. The van der Waals surface area contributed by atoms with Gasteiger partial charge in [0.25, 0.3) is 0 Å². The zero-order valence-electron chi connectivity index (χ0n) is 14.8. The van der Waals surface area contributed by atoms with Crippen LogP contribution in [0.4, 0.5) is 0 Å². The topological polar surface area (TPSA) is 48.9 Å². The third kappa shape index (κ3) is 7.97. The fraction of sp³-hybridized carbons (Fsp3) is 0.938. The lowest BCUT2D eigenvalue weighted by Crippen LogP contribution is -2.42. The van der Waals surface area contributed by atoms with E-state index < -0.39 is 0 Å². The monoisotopic (exact) mass is 426 g/mol. The molecule has 0 aromatic rings. The Bertz CT molecular complexity index is 309. The highest BCUT2D eigenvalue weighted by molar-refractivity contribution is 14.0. The summed E-state index contributed by atoms with van der Waals surface area (Å²) < 4.78 is 5.25. The van der Waals surface area contributed by atoms with Crippen LogP contribution in [0.25, 0.3) is 0 Å². The van der Waals surface area contributed by atoms with E-state index in [1.54, 1.807) is 7.11 Å². The minimum absolute atomic E-state index is 0. The second-order valence-corrected chi connectivity index (χ2v) is 6.11. The molecule has 1 aliphatic carbocycles. The van der Waals surface area contributed by atoms with E-state index in [9.17, 15) is 0 Å². The summed E-state index contributed by atoms with van der Waals surface area (Å²) in [6.45, 7) is 10.00. The smallest absolute Gasteiger partial charge is 0.191 e. The lowest BCUT2D eigenvalue weighted by atomic mass is 9.67. The van der Waals surface area contributed by atoms with Gasteiger partial charge in [-0.3, -0.25) is 4.99 Å². The number of rotatable bonds is 10. The number of guanidine groups is 1. The first kappa shape index (κ1) is 21.9. The Balaban J connectivity index is 0.00000441. The number of nitrogens with one attached hydrogen (secondary N) is 2. The Kier molecular flexibility index (Phi) is 12.3. The fourth-order valence-corrected chi connectivity index (χ4v) is 2.59. The number of nitrogens with zero attached hydrogens (tertiary/aromatic N) is 2. The number of halogens is 1. The van der Waals surface area contributed by atoms with Gasteiger partial charge in [0.05, 0.1) is 0 Å². The van der Waals surface area contributed by atoms with Crippen LogP contribution < -0.4 is 10.6 Å². The van der Waals surface area contributed by atoms with Gasteiger partial charge >= 0.3 is 0 Å². The zero-order valence-corrected chi connectivity index (χ0v) is 17.1. The van der Waals surface area contributed by atoms with E-state index in [1.807, 2.05) is 0 Å². The standard InChI is InChI=1S/C16H34N4O.HI/c1-5-17-15(18-11-12-20(3)6-2)19-14-16(8-7-9-16)10-13-21-4;/h5-14H2,1-4H3,(H2,17,18,19);1H. The van der Waals surface area contributed by atoms with E-state index in [4.69, 9.17) is 9.73 Å². The van der Waals surface area contributed by atoms with Gasteiger partial charge < -0.3 is 20.3 Å². The van der Waals surface area contributed by atoms with Crippen molar-refractivity contribution in [2.45, 2.75) is 39.5 Å². The van der Waals surface area contributed by atoms with Gasteiger partial charge in [-0.2, -0.15) is 0 Å². The molecule has 0 radical (unpaired) electrons. The number of hydrogen-bond acceptors (Lipinski definition) is 3. The molecular weight excluding hydrogens is 391 g/mol. The maximum Gasteiger partial charge on any atom is 0.191 e. The third-order valence-corrected chi connectivity index (χ3v) is 4.49. The van der Waals surface area contributed by atoms with Crippen molar-refractivity contribution in [1.82, 2.24) is 15.5 Å². The van der Waals surface area contributed by atoms with Gasteiger partial charge in [0.2, 0.25) is 0 Å². The molecule has 0 aliphatic heterocycles. The van der Waals surface area contributed by atoms with Gasteiger partial charge in [0, 0.05) is 39.9 Å². The van der Waals surface area contributed by atoms with Crippen LogP contribution in [0.1, 0.15) is 39.5 Å². The summed E-state index contributed by atoms with van der Waals surface area (Å²) in [5.41, 5.74) is 0.387. The van der Waals surface area contributed by atoms with Gasteiger partial charge in [0.15, 0.2) is 5.96 Å². The molecule has 0 unspecified atom stereocenters. The maximum absolute atomic E-state index is 5.25. The molecule has 132 valence electrons. The summed E-state index contributed by atoms with van der Waals surface area (Å²) in [5, 5.41) is 6.77. The van der Waals surface area contributed by atoms with E-state index in [2.05, 4.69) is 36.4 Å². The SMILES string of the molecule is CCNC(=NCC1(CCOC)CCC1)NCCN(C)CC.I. The predicted molar refractivity (Wildman–Crippen MR) is 105 cm³/mol. The molecule has 1 rings (SSSR count). The molecule has 1 saturated carbocycles. The largest absolute Gasteiger partial charge is 0.385 e. The zero-order chi connectivity index (χ0) is 15.6. The maximum atomic E-state index is 5.25. The van der Waals surface area contributed by atoms with Crippen LogP contribution in [0.15, 0.2) is 4.99 Å². The predicted octanol–water partition coefficient (Wildman–Crippen LogP) is 2.32. The molecule has 1 aliphatic rings. The highest BCUT2D eigenvalue weighted by atomic mass is 127. The molecule has 0 aromatic heterocycles. The van der Waals surface area contributed by atoms with Crippen LogP contribution in [0.5, 0.6) is 0 Å².